The highest BCUT2D eigenvalue weighted by molar-refractivity contribution is 5.68. The largest absolute Gasteiger partial charge is 0.310 e. The van der Waals surface area contributed by atoms with Crippen LogP contribution in [-0.2, 0) is 6.54 Å². The van der Waals surface area contributed by atoms with E-state index >= 15 is 0 Å². The van der Waals surface area contributed by atoms with Crippen molar-refractivity contribution in [1.29, 1.82) is 0 Å². The van der Waals surface area contributed by atoms with E-state index in [0.29, 0.717) is 29.3 Å². The Morgan fingerprint density at radius 3 is 2.55 bits per heavy atom. The zero-order valence-corrected chi connectivity index (χ0v) is 11.4. The van der Waals surface area contributed by atoms with Gasteiger partial charge in [-0.25, -0.2) is 8.78 Å². The van der Waals surface area contributed by atoms with Crippen molar-refractivity contribution in [3.8, 4) is 11.1 Å². The average molecular weight is 273 g/mol. The van der Waals surface area contributed by atoms with Gasteiger partial charge in [0, 0.05) is 18.2 Å². The summed E-state index contributed by atoms with van der Waals surface area (Å²) in [5, 5.41) is 3.35. The van der Waals surface area contributed by atoms with E-state index in [4.69, 9.17) is 0 Å². The van der Waals surface area contributed by atoms with Gasteiger partial charge in [-0.2, -0.15) is 0 Å². The molecule has 0 amide bonds. The van der Waals surface area contributed by atoms with Crippen molar-refractivity contribution in [3.05, 3.63) is 59.2 Å². The molecule has 0 heterocycles. The van der Waals surface area contributed by atoms with Crippen LogP contribution in [0.1, 0.15) is 24.0 Å². The molecule has 1 aliphatic carbocycles. The molecule has 1 fully saturated rings. The summed E-state index contributed by atoms with van der Waals surface area (Å²) in [4.78, 5) is 0. The van der Waals surface area contributed by atoms with Crippen molar-refractivity contribution in [2.75, 3.05) is 0 Å². The molecule has 1 aliphatic rings. The van der Waals surface area contributed by atoms with Crippen molar-refractivity contribution < 1.29 is 8.78 Å². The summed E-state index contributed by atoms with van der Waals surface area (Å²) in [5.74, 6) is -0.602. The minimum Gasteiger partial charge on any atom is -0.310 e. The Labute approximate surface area is 117 Å². The first kappa shape index (κ1) is 13.3. The molecule has 0 atom stereocenters. The number of nitrogens with one attached hydrogen (secondary N) is 1. The number of benzene rings is 2. The molecule has 20 heavy (non-hydrogen) atoms. The molecule has 1 N–H and O–H groups in total. The van der Waals surface area contributed by atoms with E-state index in [1.54, 1.807) is 25.1 Å². The molecule has 2 aromatic rings. The zero-order valence-electron chi connectivity index (χ0n) is 11.4. The van der Waals surface area contributed by atoms with Crippen LogP contribution in [0.2, 0.25) is 0 Å². The Morgan fingerprint density at radius 1 is 1.05 bits per heavy atom. The molecule has 1 nitrogen and oxygen atoms in total. The molecule has 0 radical (unpaired) electrons. The van der Waals surface area contributed by atoms with Crippen molar-refractivity contribution in [2.45, 2.75) is 32.4 Å². The third-order valence-electron chi connectivity index (χ3n) is 3.76. The van der Waals surface area contributed by atoms with Gasteiger partial charge in [-0.15, -0.1) is 0 Å². The lowest BCUT2D eigenvalue weighted by atomic mass is 9.98. The molecule has 0 aromatic heterocycles. The summed E-state index contributed by atoms with van der Waals surface area (Å²) < 4.78 is 27.8. The van der Waals surface area contributed by atoms with Gasteiger partial charge < -0.3 is 5.32 Å². The van der Waals surface area contributed by atoms with E-state index in [1.807, 2.05) is 6.07 Å². The highest BCUT2D eigenvalue weighted by atomic mass is 19.1. The predicted molar refractivity (Wildman–Crippen MR) is 76.4 cm³/mol. The Morgan fingerprint density at radius 2 is 1.85 bits per heavy atom. The van der Waals surface area contributed by atoms with Crippen LogP contribution < -0.4 is 5.32 Å². The summed E-state index contributed by atoms with van der Waals surface area (Å²) in [6.45, 7) is 2.36. The number of hydrogen-bond donors (Lipinski definition) is 1. The second kappa shape index (κ2) is 5.33. The summed E-state index contributed by atoms with van der Waals surface area (Å²) in [6.07, 6.45) is 2.42. The monoisotopic (exact) mass is 273 g/mol. The molecule has 0 unspecified atom stereocenters. The second-order valence-electron chi connectivity index (χ2n) is 5.38. The van der Waals surface area contributed by atoms with Crippen LogP contribution in [0.5, 0.6) is 0 Å². The van der Waals surface area contributed by atoms with Gasteiger partial charge in [0.15, 0.2) is 0 Å². The number of rotatable bonds is 4. The van der Waals surface area contributed by atoms with Crippen LogP contribution in [0.3, 0.4) is 0 Å². The van der Waals surface area contributed by atoms with E-state index in [1.165, 1.54) is 25.0 Å². The van der Waals surface area contributed by atoms with Gasteiger partial charge in [-0.1, -0.05) is 24.3 Å². The number of hydrogen-bond acceptors (Lipinski definition) is 1. The minimum absolute atomic E-state index is 0.297. The van der Waals surface area contributed by atoms with E-state index in [2.05, 4.69) is 5.32 Å². The Hall–Kier alpha value is -1.74. The van der Waals surface area contributed by atoms with Gasteiger partial charge in [0.2, 0.25) is 0 Å². The molecule has 0 aliphatic heterocycles. The van der Waals surface area contributed by atoms with Crippen LogP contribution in [0.15, 0.2) is 36.4 Å². The van der Waals surface area contributed by atoms with Crippen LogP contribution in [-0.4, -0.2) is 6.04 Å². The summed E-state index contributed by atoms with van der Waals surface area (Å²) in [6, 6.07) is 10.5. The average Bonchev–Trinajstić information content (AvgIpc) is 3.24. The lowest BCUT2D eigenvalue weighted by Gasteiger charge is -2.10. The lowest BCUT2D eigenvalue weighted by Crippen LogP contribution is -2.15. The summed E-state index contributed by atoms with van der Waals surface area (Å²) in [7, 11) is 0. The molecule has 0 saturated heterocycles. The first-order valence-corrected chi connectivity index (χ1v) is 6.92. The summed E-state index contributed by atoms with van der Waals surface area (Å²) >= 11 is 0. The van der Waals surface area contributed by atoms with Crippen LogP contribution >= 0.6 is 0 Å². The molecule has 104 valence electrons. The quantitative estimate of drug-likeness (QED) is 0.880. The van der Waals surface area contributed by atoms with E-state index in [0.717, 1.165) is 5.56 Å². The first-order valence-electron chi connectivity index (χ1n) is 6.92. The molecule has 3 rings (SSSR count). The van der Waals surface area contributed by atoms with Gasteiger partial charge in [0.05, 0.1) is 0 Å². The summed E-state index contributed by atoms with van der Waals surface area (Å²) in [5.41, 5.74) is 2.48. The highest BCUT2D eigenvalue weighted by Gasteiger charge is 2.20. The Bertz CT molecular complexity index is 633. The van der Waals surface area contributed by atoms with Gasteiger partial charge in [-0.05, 0) is 48.6 Å². The van der Waals surface area contributed by atoms with Crippen molar-refractivity contribution in [3.63, 3.8) is 0 Å². The van der Waals surface area contributed by atoms with Crippen molar-refractivity contribution >= 4 is 0 Å². The maximum Gasteiger partial charge on any atom is 0.131 e. The van der Waals surface area contributed by atoms with Crippen molar-refractivity contribution in [1.82, 2.24) is 5.32 Å². The highest BCUT2D eigenvalue weighted by Crippen LogP contribution is 2.28. The minimum atomic E-state index is -0.304. The molecule has 1 saturated carbocycles. The normalized spacial score (nSPS) is 14.6. The van der Waals surface area contributed by atoms with Crippen LogP contribution in [0.4, 0.5) is 8.78 Å². The standard InChI is InChI=1S/C17H17F2N/c1-11-14(3-2-4-16(11)18)15-8-5-12(9-17(15)19)10-20-13-6-7-13/h2-5,8-9,13,20H,6-7,10H2,1H3. The molecule has 0 spiro atoms. The maximum atomic E-state index is 14.2. The molecule has 2 aromatic carbocycles. The smallest absolute Gasteiger partial charge is 0.131 e. The number of halogens is 2. The molecule has 0 bridgehead atoms. The Balaban J connectivity index is 1.87. The zero-order chi connectivity index (χ0) is 14.1. The van der Waals surface area contributed by atoms with E-state index in [9.17, 15) is 8.78 Å². The lowest BCUT2D eigenvalue weighted by molar-refractivity contribution is 0.615. The third-order valence-corrected chi connectivity index (χ3v) is 3.76. The fraction of sp³-hybridized carbons (Fsp3) is 0.294. The Kier molecular flexibility index (Phi) is 3.53. The SMILES string of the molecule is Cc1c(F)cccc1-c1ccc(CNC2CC2)cc1F. The molecule has 3 heteroatoms. The molecular formula is C17H17F2N. The van der Waals surface area contributed by atoms with Gasteiger partial charge >= 0.3 is 0 Å². The van der Waals surface area contributed by atoms with Crippen LogP contribution in [0, 0.1) is 18.6 Å². The van der Waals surface area contributed by atoms with Gasteiger partial charge in [-0.3, -0.25) is 0 Å². The van der Waals surface area contributed by atoms with Crippen molar-refractivity contribution in [2.24, 2.45) is 0 Å². The maximum absolute atomic E-state index is 14.2. The topological polar surface area (TPSA) is 12.0 Å². The third kappa shape index (κ3) is 2.73. The second-order valence-corrected chi connectivity index (χ2v) is 5.38. The van der Waals surface area contributed by atoms with Gasteiger partial charge in [0.25, 0.3) is 0 Å². The fourth-order valence-electron chi connectivity index (χ4n) is 2.34. The van der Waals surface area contributed by atoms with E-state index < -0.39 is 0 Å². The van der Waals surface area contributed by atoms with Crippen LogP contribution in [0.25, 0.3) is 11.1 Å². The molecular weight excluding hydrogens is 256 g/mol. The van der Waals surface area contributed by atoms with E-state index in [-0.39, 0.29) is 11.6 Å². The van der Waals surface area contributed by atoms with Gasteiger partial charge in [0.1, 0.15) is 11.6 Å². The fourth-order valence-corrected chi connectivity index (χ4v) is 2.34. The predicted octanol–water partition coefficient (Wildman–Crippen LogP) is 4.19. The first-order chi connectivity index (χ1) is 9.65.